The Hall–Kier alpha value is -3.51. The summed E-state index contributed by atoms with van der Waals surface area (Å²) in [5.41, 5.74) is 1.73. The molecule has 0 spiro atoms. The first-order valence-corrected chi connectivity index (χ1v) is 9.15. The minimum Gasteiger partial charge on any atom is -0.497 e. The van der Waals surface area contributed by atoms with Crippen LogP contribution in [0.25, 0.3) is 0 Å². The molecule has 148 valence electrons. The van der Waals surface area contributed by atoms with Crippen molar-refractivity contribution in [2.45, 2.75) is 0 Å². The highest BCUT2D eigenvalue weighted by Crippen LogP contribution is 2.18. The summed E-state index contributed by atoms with van der Waals surface area (Å²) in [4.78, 5) is 24.3. The molecule has 0 aromatic heterocycles. The third-order valence-electron chi connectivity index (χ3n) is 3.94. The normalized spacial score (nSPS) is 10.1. The maximum absolute atomic E-state index is 12.3. The number of anilines is 2. The van der Waals surface area contributed by atoms with Gasteiger partial charge in [-0.2, -0.15) is 0 Å². The number of rotatable bonds is 7. The molecule has 0 saturated carbocycles. The second kappa shape index (κ2) is 9.61. The largest absolute Gasteiger partial charge is 0.497 e. The summed E-state index contributed by atoms with van der Waals surface area (Å²) in [6.07, 6.45) is 0. The molecule has 7 heteroatoms. The first-order chi connectivity index (χ1) is 14.0. The van der Waals surface area contributed by atoms with Crippen molar-refractivity contribution in [3.8, 4) is 11.5 Å². The summed E-state index contributed by atoms with van der Waals surface area (Å²) >= 11 is 5.83. The molecule has 0 aliphatic rings. The van der Waals surface area contributed by atoms with Crippen molar-refractivity contribution < 1.29 is 19.1 Å². The van der Waals surface area contributed by atoms with Crippen molar-refractivity contribution in [2.75, 3.05) is 24.4 Å². The fourth-order valence-electron chi connectivity index (χ4n) is 2.49. The highest BCUT2D eigenvalue weighted by Gasteiger charge is 2.08. The smallest absolute Gasteiger partial charge is 0.262 e. The zero-order valence-electron chi connectivity index (χ0n) is 15.6. The van der Waals surface area contributed by atoms with Crippen LogP contribution in [0, 0.1) is 0 Å². The molecule has 6 nitrogen and oxygen atoms in total. The van der Waals surface area contributed by atoms with Gasteiger partial charge in [0.25, 0.3) is 11.8 Å². The molecule has 0 aliphatic heterocycles. The van der Waals surface area contributed by atoms with Crippen LogP contribution >= 0.6 is 11.6 Å². The first-order valence-electron chi connectivity index (χ1n) is 8.77. The van der Waals surface area contributed by atoms with Crippen LogP contribution in [0.15, 0.2) is 72.8 Å². The van der Waals surface area contributed by atoms with Crippen LogP contribution in [0.4, 0.5) is 11.4 Å². The van der Waals surface area contributed by atoms with E-state index in [1.165, 1.54) is 0 Å². The second-order valence-electron chi connectivity index (χ2n) is 6.05. The number of ether oxygens (including phenoxy) is 2. The first kappa shape index (κ1) is 20.2. The molecule has 0 radical (unpaired) electrons. The third-order valence-corrected chi connectivity index (χ3v) is 4.19. The molecule has 3 rings (SSSR count). The summed E-state index contributed by atoms with van der Waals surface area (Å²) in [6, 6.07) is 20.4. The predicted octanol–water partition coefficient (Wildman–Crippen LogP) is 4.62. The second-order valence-corrected chi connectivity index (χ2v) is 6.49. The van der Waals surface area contributed by atoms with Gasteiger partial charge in [0, 0.05) is 28.0 Å². The van der Waals surface area contributed by atoms with Crippen molar-refractivity contribution in [3.05, 3.63) is 83.4 Å². The van der Waals surface area contributed by atoms with Gasteiger partial charge in [-0.1, -0.05) is 17.7 Å². The molecule has 29 heavy (non-hydrogen) atoms. The third kappa shape index (κ3) is 5.99. The van der Waals surface area contributed by atoms with Crippen LogP contribution in [0.5, 0.6) is 11.5 Å². The average molecular weight is 411 g/mol. The molecule has 2 amide bonds. The fourth-order valence-corrected chi connectivity index (χ4v) is 2.61. The van der Waals surface area contributed by atoms with E-state index in [-0.39, 0.29) is 18.4 Å². The van der Waals surface area contributed by atoms with Crippen LogP contribution in [0.1, 0.15) is 10.4 Å². The van der Waals surface area contributed by atoms with Gasteiger partial charge in [-0.25, -0.2) is 0 Å². The van der Waals surface area contributed by atoms with Crippen molar-refractivity contribution in [1.29, 1.82) is 0 Å². The molecule has 0 aliphatic carbocycles. The summed E-state index contributed by atoms with van der Waals surface area (Å²) in [6.45, 7) is -0.159. The van der Waals surface area contributed by atoms with E-state index >= 15 is 0 Å². The van der Waals surface area contributed by atoms with E-state index in [1.807, 2.05) is 0 Å². The van der Waals surface area contributed by atoms with Crippen LogP contribution in [0.3, 0.4) is 0 Å². The lowest BCUT2D eigenvalue weighted by Gasteiger charge is -2.09. The molecule has 0 atom stereocenters. The van der Waals surface area contributed by atoms with Gasteiger partial charge in [-0.05, 0) is 60.7 Å². The number of halogens is 1. The number of carbonyl (C=O) groups excluding carboxylic acids is 2. The topological polar surface area (TPSA) is 76.7 Å². The zero-order chi connectivity index (χ0) is 20.6. The van der Waals surface area contributed by atoms with E-state index < -0.39 is 0 Å². The Morgan fingerprint density at radius 3 is 2.28 bits per heavy atom. The lowest BCUT2D eigenvalue weighted by molar-refractivity contribution is -0.118. The molecule has 3 aromatic carbocycles. The zero-order valence-corrected chi connectivity index (χ0v) is 16.4. The Labute approximate surface area is 173 Å². The van der Waals surface area contributed by atoms with Crippen molar-refractivity contribution in [2.24, 2.45) is 0 Å². The molecule has 0 unspecified atom stereocenters. The Kier molecular flexibility index (Phi) is 6.71. The van der Waals surface area contributed by atoms with Gasteiger partial charge >= 0.3 is 0 Å². The quantitative estimate of drug-likeness (QED) is 0.596. The number of benzene rings is 3. The summed E-state index contributed by atoms with van der Waals surface area (Å²) < 4.78 is 10.6. The SMILES string of the molecule is COc1cccc(NC(=O)COc2ccc(C(=O)Nc3ccc(Cl)cc3)cc2)c1. The van der Waals surface area contributed by atoms with E-state index in [1.54, 1.807) is 79.9 Å². The molecule has 0 heterocycles. The summed E-state index contributed by atoms with van der Waals surface area (Å²) in [5.74, 6) is 0.572. The lowest BCUT2D eigenvalue weighted by atomic mass is 10.2. The van der Waals surface area contributed by atoms with Crippen molar-refractivity contribution in [1.82, 2.24) is 0 Å². The van der Waals surface area contributed by atoms with E-state index in [0.717, 1.165) is 0 Å². The number of nitrogens with one attached hydrogen (secondary N) is 2. The van der Waals surface area contributed by atoms with Crippen LogP contribution < -0.4 is 20.1 Å². The van der Waals surface area contributed by atoms with Crippen LogP contribution in [-0.4, -0.2) is 25.5 Å². The average Bonchev–Trinajstić information content (AvgIpc) is 2.74. The van der Waals surface area contributed by atoms with E-state index in [0.29, 0.717) is 33.5 Å². The van der Waals surface area contributed by atoms with Gasteiger partial charge in [-0.3, -0.25) is 9.59 Å². The molecule has 0 fully saturated rings. The molecule has 3 aromatic rings. The minimum atomic E-state index is -0.303. The predicted molar refractivity (Wildman–Crippen MR) is 113 cm³/mol. The Morgan fingerprint density at radius 1 is 0.862 bits per heavy atom. The van der Waals surface area contributed by atoms with E-state index in [2.05, 4.69) is 10.6 Å². The number of methoxy groups -OCH3 is 1. The number of hydrogen-bond donors (Lipinski definition) is 2. The van der Waals surface area contributed by atoms with E-state index in [4.69, 9.17) is 21.1 Å². The van der Waals surface area contributed by atoms with Crippen molar-refractivity contribution >= 4 is 34.8 Å². The highest BCUT2D eigenvalue weighted by atomic mass is 35.5. The summed E-state index contributed by atoms with van der Waals surface area (Å²) in [5, 5.41) is 6.11. The number of carbonyl (C=O) groups is 2. The molecular weight excluding hydrogens is 392 g/mol. The van der Waals surface area contributed by atoms with Gasteiger partial charge in [-0.15, -0.1) is 0 Å². The summed E-state index contributed by atoms with van der Waals surface area (Å²) in [7, 11) is 1.56. The Balaban J connectivity index is 1.51. The maximum atomic E-state index is 12.3. The van der Waals surface area contributed by atoms with E-state index in [9.17, 15) is 9.59 Å². The van der Waals surface area contributed by atoms with Gasteiger partial charge in [0.2, 0.25) is 0 Å². The monoisotopic (exact) mass is 410 g/mol. The van der Waals surface area contributed by atoms with Gasteiger partial charge < -0.3 is 20.1 Å². The number of hydrogen-bond acceptors (Lipinski definition) is 4. The highest BCUT2D eigenvalue weighted by molar-refractivity contribution is 6.30. The maximum Gasteiger partial charge on any atom is 0.262 e. The Bertz CT molecular complexity index is 988. The van der Waals surface area contributed by atoms with Gasteiger partial charge in [0.15, 0.2) is 6.61 Å². The van der Waals surface area contributed by atoms with Crippen LogP contribution in [0.2, 0.25) is 5.02 Å². The van der Waals surface area contributed by atoms with Gasteiger partial charge in [0.05, 0.1) is 7.11 Å². The van der Waals surface area contributed by atoms with Crippen LogP contribution in [-0.2, 0) is 4.79 Å². The standard InChI is InChI=1S/C22H19ClN2O4/c1-28-20-4-2-3-18(13-20)24-21(26)14-29-19-11-5-15(6-12-19)22(27)25-17-9-7-16(23)8-10-17/h2-13H,14H2,1H3,(H,24,26)(H,25,27). The number of amides is 2. The lowest BCUT2D eigenvalue weighted by Crippen LogP contribution is -2.20. The minimum absolute atomic E-state index is 0.159. The molecule has 0 bridgehead atoms. The Morgan fingerprint density at radius 2 is 1.59 bits per heavy atom. The fraction of sp³-hybridized carbons (Fsp3) is 0.0909. The van der Waals surface area contributed by atoms with Crippen molar-refractivity contribution in [3.63, 3.8) is 0 Å². The molecule has 0 saturated heterocycles. The van der Waals surface area contributed by atoms with Gasteiger partial charge in [0.1, 0.15) is 11.5 Å². The molecule has 2 N–H and O–H groups in total. The molecular formula is C22H19ClN2O4.